The van der Waals surface area contributed by atoms with Gasteiger partial charge < -0.3 is 35.8 Å². The predicted octanol–water partition coefficient (Wildman–Crippen LogP) is 2.21. The number of phenolic OH excluding ortho intramolecular Hbond substituents is 1. The van der Waals surface area contributed by atoms with E-state index in [9.17, 15) is 29.1 Å². The van der Waals surface area contributed by atoms with E-state index in [1.807, 2.05) is 6.92 Å². The largest absolute Gasteiger partial charge is 0.508 e. The number of benzene rings is 1. The minimum absolute atomic E-state index is 0.000155. The highest BCUT2D eigenvalue weighted by molar-refractivity contribution is 5.94. The summed E-state index contributed by atoms with van der Waals surface area (Å²) < 4.78 is 10.2. The molecule has 0 saturated carbocycles. The van der Waals surface area contributed by atoms with Crippen molar-refractivity contribution in [1.29, 1.82) is 0 Å². The van der Waals surface area contributed by atoms with Crippen LogP contribution in [0.3, 0.4) is 0 Å². The number of alkyl carbamates (subject to hydrolysis) is 1. The third kappa shape index (κ3) is 10.8. The average molecular weight is 551 g/mol. The van der Waals surface area contributed by atoms with Gasteiger partial charge in [0.15, 0.2) is 0 Å². The molecular formula is C27H42N4O8. The van der Waals surface area contributed by atoms with Crippen LogP contribution in [0.25, 0.3) is 0 Å². The summed E-state index contributed by atoms with van der Waals surface area (Å²) in [6.45, 7) is 11.9. The van der Waals surface area contributed by atoms with Crippen molar-refractivity contribution in [2.45, 2.75) is 91.5 Å². The molecule has 4 amide bonds. The first-order valence-corrected chi connectivity index (χ1v) is 12.9. The molecule has 3 unspecified atom stereocenters. The van der Waals surface area contributed by atoms with Gasteiger partial charge in [0.2, 0.25) is 17.7 Å². The Morgan fingerprint density at radius 1 is 1.13 bits per heavy atom. The molecule has 0 heterocycles. The number of hydrogen-bond donors (Lipinski definition) is 4. The van der Waals surface area contributed by atoms with E-state index < -0.39 is 59.9 Å². The van der Waals surface area contributed by atoms with Crippen molar-refractivity contribution >= 4 is 29.8 Å². The van der Waals surface area contributed by atoms with Crippen LogP contribution in [0.5, 0.6) is 5.75 Å². The van der Waals surface area contributed by atoms with Gasteiger partial charge in [0.1, 0.15) is 23.4 Å². The molecule has 0 radical (unpaired) electrons. The van der Waals surface area contributed by atoms with Gasteiger partial charge in [-0.25, -0.2) is 4.79 Å². The number of hydrogen-bond acceptors (Lipinski definition) is 8. The molecule has 12 heteroatoms. The number of esters is 1. The second-order valence-electron chi connectivity index (χ2n) is 10.2. The van der Waals surface area contributed by atoms with Crippen molar-refractivity contribution in [3.63, 3.8) is 0 Å². The number of ether oxygens (including phenoxy) is 2. The lowest BCUT2D eigenvalue weighted by Gasteiger charge is -2.38. The molecule has 218 valence electrons. The molecule has 5 N–H and O–H groups in total. The van der Waals surface area contributed by atoms with Crippen LogP contribution >= 0.6 is 0 Å². The minimum atomic E-state index is -1.42. The number of nitrogens with two attached hydrogens (primary N) is 1. The second-order valence-corrected chi connectivity index (χ2v) is 10.2. The zero-order chi connectivity index (χ0) is 29.9. The highest BCUT2D eigenvalue weighted by Crippen LogP contribution is 2.29. The molecule has 0 spiro atoms. The van der Waals surface area contributed by atoms with E-state index >= 15 is 0 Å². The smallest absolute Gasteiger partial charge is 0.408 e. The van der Waals surface area contributed by atoms with Crippen LogP contribution in [0.4, 0.5) is 4.79 Å². The van der Waals surface area contributed by atoms with Crippen LogP contribution in [0.1, 0.15) is 78.0 Å². The highest BCUT2D eigenvalue weighted by Gasteiger charge is 2.39. The lowest BCUT2D eigenvalue weighted by atomic mass is 9.97. The lowest BCUT2D eigenvalue weighted by molar-refractivity contribution is -0.146. The summed E-state index contributed by atoms with van der Waals surface area (Å²) in [6, 6.07) is 1.29. The van der Waals surface area contributed by atoms with E-state index in [-0.39, 0.29) is 25.3 Å². The number of phenols is 1. The van der Waals surface area contributed by atoms with E-state index in [2.05, 4.69) is 10.6 Å². The van der Waals surface area contributed by atoms with Crippen molar-refractivity contribution in [2.75, 3.05) is 13.2 Å². The third-order valence-electron chi connectivity index (χ3n) is 5.71. The van der Waals surface area contributed by atoms with Crippen LogP contribution in [0, 0.1) is 6.92 Å². The standard InChI is InChI=1S/C27H42N4O8/c1-8-17(4)31(25(36)19(15-21(28)33)30-26(37)39-27(5,6)7)23(18-10-11-20(32)16(3)14-18)24(35)29-13-12-22(34)38-9-2/h10-11,14,17,19,23,32H,8-9,12-13,15H2,1-7H3,(H2,28,33)(H,29,35)(H,30,37). The molecule has 3 atom stereocenters. The molecule has 39 heavy (non-hydrogen) atoms. The molecule has 0 saturated heterocycles. The Hall–Kier alpha value is -3.83. The Balaban J connectivity index is 3.52. The van der Waals surface area contributed by atoms with Gasteiger partial charge in [-0.05, 0) is 71.2 Å². The molecule has 1 rings (SSSR count). The summed E-state index contributed by atoms with van der Waals surface area (Å²) in [5.74, 6) is -2.67. The maximum atomic E-state index is 14.0. The first kappa shape index (κ1) is 33.2. The van der Waals surface area contributed by atoms with Gasteiger partial charge in [-0.2, -0.15) is 0 Å². The van der Waals surface area contributed by atoms with Crippen molar-refractivity contribution in [3.05, 3.63) is 29.3 Å². The van der Waals surface area contributed by atoms with Crippen LogP contribution < -0.4 is 16.4 Å². The van der Waals surface area contributed by atoms with Gasteiger partial charge in [-0.15, -0.1) is 0 Å². The van der Waals surface area contributed by atoms with Gasteiger partial charge in [0.25, 0.3) is 0 Å². The predicted molar refractivity (Wildman–Crippen MR) is 143 cm³/mol. The SMILES string of the molecule is CCOC(=O)CCNC(=O)C(c1ccc(O)c(C)c1)N(C(=O)C(CC(N)=O)NC(=O)OC(C)(C)C)C(C)CC. The van der Waals surface area contributed by atoms with Gasteiger partial charge in [-0.1, -0.05) is 13.0 Å². The first-order chi connectivity index (χ1) is 18.1. The van der Waals surface area contributed by atoms with Crippen LogP contribution in [0.2, 0.25) is 0 Å². The minimum Gasteiger partial charge on any atom is -0.508 e. The molecule has 0 aromatic heterocycles. The number of rotatable bonds is 13. The molecule has 0 fully saturated rings. The summed E-state index contributed by atoms with van der Waals surface area (Å²) >= 11 is 0. The van der Waals surface area contributed by atoms with E-state index in [4.69, 9.17) is 15.2 Å². The fourth-order valence-corrected chi connectivity index (χ4v) is 3.73. The van der Waals surface area contributed by atoms with Gasteiger partial charge in [0.05, 0.1) is 19.4 Å². The van der Waals surface area contributed by atoms with Crippen molar-refractivity contribution in [2.24, 2.45) is 5.73 Å². The quantitative estimate of drug-likeness (QED) is 0.270. The number of primary amides is 1. The maximum Gasteiger partial charge on any atom is 0.408 e. The summed E-state index contributed by atoms with van der Waals surface area (Å²) in [5, 5.41) is 15.1. The van der Waals surface area contributed by atoms with Crippen LogP contribution in [0.15, 0.2) is 18.2 Å². The van der Waals surface area contributed by atoms with Crippen LogP contribution in [-0.2, 0) is 28.7 Å². The Kier molecular flexibility index (Phi) is 12.7. The fraction of sp³-hybridized carbons (Fsp3) is 0.593. The van der Waals surface area contributed by atoms with Gasteiger partial charge in [0, 0.05) is 12.6 Å². The van der Waals surface area contributed by atoms with Crippen molar-refractivity contribution in [3.8, 4) is 5.75 Å². The van der Waals surface area contributed by atoms with E-state index in [0.717, 1.165) is 0 Å². The number of nitrogens with zero attached hydrogens (tertiary/aromatic N) is 1. The zero-order valence-corrected chi connectivity index (χ0v) is 23.8. The molecule has 1 aromatic carbocycles. The van der Waals surface area contributed by atoms with Crippen molar-refractivity contribution in [1.82, 2.24) is 15.5 Å². The molecule has 0 aliphatic heterocycles. The Labute approximate surface area is 229 Å². The molecule has 0 bridgehead atoms. The van der Waals surface area contributed by atoms with Gasteiger partial charge >= 0.3 is 12.1 Å². The zero-order valence-electron chi connectivity index (χ0n) is 23.8. The number of carbonyl (C=O) groups is 5. The molecular weight excluding hydrogens is 508 g/mol. The average Bonchev–Trinajstić information content (AvgIpc) is 2.81. The highest BCUT2D eigenvalue weighted by atomic mass is 16.6. The van der Waals surface area contributed by atoms with E-state index in [0.29, 0.717) is 17.5 Å². The number of aryl methyl sites for hydroxylation is 1. The molecule has 0 aliphatic rings. The normalized spacial score (nSPS) is 13.4. The number of carbonyl (C=O) groups excluding carboxylic acids is 5. The summed E-state index contributed by atoms with van der Waals surface area (Å²) in [7, 11) is 0. The number of nitrogens with one attached hydrogen (secondary N) is 2. The van der Waals surface area contributed by atoms with Gasteiger partial charge in [-0.3, -0.25) is 19.2 Å². The number of aromatic hydroxyl groups is 1. The van der Waals surface area contributed by atoms with E-state index in [1.54, 1.807) is 47.6 Å². The molecule has 1 aromatic rings. The van der Waals surface area contributed by atoms with E-state index in [1.165, 1.54) is 17.0 Å². The second kappa shape index (κ2) is 14.9. The molecule has 0 aliphatic carbocycles. The molecule has 12 nitrogen and oxygen atoms in total. The van der Waals surface area contributed by atoms with Crippen molar-refractivity contribution < 1.29 is 38.6 Å². The summed E-state index contributed by atoms with van der Waals surface area (Å²) in [5.41, 5.74) is 5.37. The van der Waals surface area contributed by atoms with Crippen LogP contribution in [-0.4, -0.2) is 70.6 Å². The summed E-state index contributed by atoms with van der Waals surface area (Å²) in [4.78, 5) is 65.0. The first-order valence-electron chi connectivity index (χ1n) is 12.9. The monoisotopic (exact) mass is 550 g/mol. The lowest BCUT2D eigenvalue weighted by Crippen LogP contribution is -2.56. The maximum absolute atomic E-state index is 14.0. The Morgan fingerprint density at radius 2 is 1.77 bits per heavy atom. The third-order valence-corrected chi connectivity index (χ3v) is 5.71. The summed E-state index contributed by atoms with van der Waals surface area (Å²) in [6.07, 6.45) is -1.12. The fourth-order valence-electron chi connectivity index (χ4n) is 3.73. The Bertz CT molecular complexity index is 1040. The Morgan fingerprint density at radius 3 is 2.28 bits per heavy atom. The number of amides is 4. The topological polar surface area (TPSA) is 177 Å².